The minimum Gasteiger partial charge on any atom is -0.320 e. The summed E-state index contributed by atoms with van der Waals surface area (Å²) in [6, 6.07) is 16.5. The van der Waals surface area contributed by atoms with Crippen molar-refractivity contribution in [1.29, 1.82) is 0 Å². The van der Waals surface area contributed by atoms with Crippen molar-refractivity contribution in [1.82, 2.24) is 0 Å². The lowest BCUT2D eigenvalue weighted by Gasteiger charge is -2.12. The highest BCUT2D eigenvalue weighted by molar-refractivity contribution is 9.11. The highest BCUT2D eigenvalue weighted by atomic mass is 79.9. The SMILES string of the molecule is NC(c1cc2ccccc2s1)c1cc(Br)ccc1Br. The summed E-state index contributed by atoms with van der Waals surface area (Å²) < 4.78 is 3.36. The third-order valence-corrected chi connectivity index (χ3v) is 5.46. The van der Waals surface area contributed by atoms with E-state index >= 15 is 0 Å². The van der Waals surface area contributed by atoms with Crippen molar-refractivity contribution >= 4 is 53.3 Å². The molecular weight excluding hydrogens is 386 g/mol. The molecule has 1 atom stereocenters. The molecule has 3 aromatic rings. The lowest BCUT2D eigenvalue weighted by molar-refractivity contribution is 0.887. The average Bonchev–Trinajstić information content (AvgIpc) is 2.84. The molecule has 2 aromatic carbocycles. The molecule has 19 heavy (non-hydrogen) atoms. The van der Waals surface area contributed by atoms with E-state index in [-0.39, 0.29) is 6.04 Å². The zero-order chi connectivity index (χ0) is 13.4. The molecule has 0 aliphatic heterocycles. The van der Waals surface area contributed by atoms with Gasteiger partial charge in [-0.2, -0.15) is 0 Å². The van der Waals surface area contributed by atoms with Crippen LogP contribution < -0.4 is 5.73 Å². The van der Waals surface area contributed by atoms with Crippen LogP contribution in [0.15, 0.2) is 57.5 Å². The molecule has 3 rings (SSSR count). The first kappa shape index (κ1) is 13.3. The summed E-state index contributed by atoms with van der Waals surface area (Å²) in [6.07, 6.45) is 0. The van der Waals surface area contributed by atoms with Gasteiger partial charge in [0.25, 0.3) is 0 Å². The van der Waals surface area contributed by atoms with Gasteiger partial charge in [-0.1, -0.05) is 50.1 Å². The summed E-state index contributed by atoms with van der Waals surface area (Å²) >= 11 is 8.83. The molecule has 0 aliphatic rings. The van der Waals surface area contributed by atoms with Crippen LogP contribution in [-0.2, 0) is 0 Å². The summed E-state index contributed by atoms with van der Waals surface area (Å²) in [5.74, 6) is 0. The summed E-state index contributed by atoms with van der Waals surface area (Å²) in [4.78, 5) is 1.18. The van der Waals surface area contributed by atoms with Crippen LogP contribution in [0.2, 0.25) is 0 Å². The lowest BCUT2D eigenvalue weighted by Crippen LogP contribution is -2.10. The van der Waals surface area contributed by atoms with Gasteiger partial charge in [-0.25, -0.2) is 0 Å². The Balaban J connectivity index is 2.07. The first-order chi connectivity index (χ1) is 9.15. The molecule has 4 heteroatoms. The molecule has 0 aliphatic carbocycles. The van der Waals surface area contributed by atoms with Gasteiger partial charge in [-0.15, -0.1) is 11.3 Å². The molecule has 96 valence electrons. The molecule has 0 amide bonds. The van der Waals surface area contributed by atoms with Crippen molar-refractivity contribution < 1.29 is 0 Å². The Hall–Kier alpha value is -0.680. The van der Waals surface area contributed by atoms with Crippen molar-refractivity contribution in [2.24, 2.45) is 5.73 Å². The van der Waals surface area contributed by atoms with Gasteiger partial charge < -0.3 is 5.73 Å². The maximum absolute atomic E-state index is 6.41. The monoisotopic (exact) mass is 395 g/mol. The Morgan fingerprint density at radius 2 is 1.79 bits per heavy atom. The Kier molecular flexibility index (Phi) is 3.76. The molecule has 0 saturated carbocycles. The Labute approximate surface area is 132 Å². The predicted molar refractivity (Wildman–Crippen MR) is 89.7 cm³/mol. The average molecular weight is 397 g/mol. The van der Waals surface area contributed by atoms with Crippen molar-refractivity contribution in [3.63, 3.8) is 0 Å². The smallest absolute Gasteiger partial charge is 0.0657 e. The molecule has 0 radical (unpaired) electrons. The zero-order valence-electron chi connectivity index (χ0n) is 9.94. The molecule has 0 fully saturated rings. The van der Waals surface area contributed by atoms with E-state index in [1.165, 1.54) is 15.0 Å². The van der Waals surface area contributed by atoms with Crippen molar-refractivity contribution in [3.8, 4) is 0 Å². The van der Waals surface area contributed by atoms with Crippen LogP contribution in [-0.4, -0.2) is 0 Å². The second-order valence-electron chi connectivity index (χ2n) is 4.33. The van der Waals surface area contributed by atoms with Gasteiger partial charge in [0.05, 0.1) is 6.04 Å². The van der Waals surface area contributed by atoms with Crippen LogP contribution >= 0.6 is 43.2 Å². The second-order valence-corrected chi connectivity index (χ2v) is 7.22. The Morgan fingerprint density at radius 3 is 2.58 bits per heavy atom. The third kappa shape index (κ3) is 2.63. The minimum absolute atomic E-state index is 0.107. The summed E-state index contributed by atoms with van der Waals surface area (Å²) in [6.45, 7) is 0. The molecule has 0 bridgehead atoms. The molecule has 1 nitrogen and oxygen atoms in total. The fourth-order valence-corrected chi connectivity index (χ4v) is 4.02. The van der Waals surface area contributed by atoms with E-state index in [1.807, 2.05) is 12.1 Å². The van der Waals surface area contributed by atoms with E-state index < -0.39 is 0 Å². The summed E-state index contributed by atoms with van der Waals surface area (Å²) in [5, 5.41) is 1.25. The molecular formula is C15H11Br2NS. The van der Waals surface area contributed by atoms with Crippen molar-refractivity contribution in [2.75, 3.05) is 0 Å². The van der Waals surface area contributed by atoms with E-state index in [1.54, 1.807) is 11.3 Å². The van der Waals surface area contributed by atoms with E-state index in [9.17, 15) is 0 Å². The standard InChI is InChI=1S/C15H11Br2NS/c16-10-5-6-12(17)11(8-10)15(18)14-7-9-3-1-2-4-13(9)19-14/h1-8,15H,18H2. The Morgan fingerprint density at radius 1 is 1.00 bits per heavy atom. The largest absolute Gasteiger partial charge is 0.320 e. The molecule has 0 saturated heterocycles. The van der Waals surface area contributed by atoms with E-state index in [0.717, 1.165) is 14.5 Å². The van der Waals surface area contributed by atoms with Gasteiger partial charge in [-0.05, 0) is 41.3 Å². The van der Waals surface area contributed by atoms with Gasteiger partial charge in [0.15, 0.2) is 0 Å². The topological polar surface area (TPSA) is 26.0 Å². The first-order valence-electron chi connectivity index (χ1n) is 5.84. The van der Waals surface area contributed by atoms with Crippen LogP contribution in [0.1, 0.15) is 16.5 Å². The minimum atomic E-state index is -0.107. The van der Waals surface area contributed by atoms with Gasteiger partial charge in [-0.3, -0.25) is 0 Å². The number of fused-ring (bicyclic) bond motifs is 1. The van der Waals surface area contributed by atoms with E-state index in [0.29, 0.717) is 0 Å². The molecule has 0 spiro atoms. The highest BCUT2D eigenvalue weighted by Crippen LogP contribution is 2.35. The van der Waals surface area contributed by atoms with Gasteiger partial charge in [0.1, 0.15) is 0 Å². The molecule has 2 N–H and O–H groups in total. The number of hydrogen-bond donors (Lipinski definition) is 1. The van der Waals surface area contributed by atoms with Crippen LogP contribution in [0.5, 0.6) is 0 Å². The number of nitrogens with two attached hydrogens (primary N) is 1. The number of hydrogen-bond acceptors (Lipinski definition) is 2. The van der Waals surface area contributed by atoms with Crippen molar-refractivity contribution in [3.05, 3.63) is 67.9 Å². The molecule has 1 unspecified atom stereocenters. The molecule has 1 heterocycles. The van der Waals surface area contributed by atoms with E-state index in [4.69, 9.17) is 5.73 Å². The molecule has 1 aromatic heterocycles. The van der Waals surface area contributed by atoms with E-state index in [2.05, 4.69) is 68.3 Å². The summed E-state index contributed by atoms with van der Waals surface area (Å²) in [5.41, 5.74) is 7.51. The lowest BCUT2D eigenvalue weighted by atomic mass is 10.1. The summed E-state index contributed by atoms with van der Waals surface area (Å²) in [7, 11) is 0. The zero-order valence-corrected chi connectivity index (χ0v) is 13.9. The van der Waals surface area contributed by atoms with Gasteiger partial charge in [0.2, 0.25) is 0 Å². The maximum Gasteiger partial charge on any atom is 0.0657 e. The van der Waals surface area contributed by atoms with Crippen LogP contribution in [0, 0.1) is 0 Å². The number of benzene rings is 2. The quantitative estimate of drug-likeness (QED) is 0.610. The predicted octanol–water partition coefficient (Wildman–Crippen LogP) is 5.47. The normalized spacial score (nSPS) is 12.8. The van der Waals surface area contributed by atoms with Crippen molar-refractivity contribution in [2.45, 2.75) is 6.04 Å². The van der Waals surface area contributed by atoms with Gasteiger partial charge in [0, 0.05) is 18.5 Å². The number of thiophene rings is 1. The number of rotatable bonds is 2. The second kappa shape index (κ2) is 5.37. The first-order valence-corrected chi connectivity index (χ1v) is 8.24. The fourth-order valence-electron chi connectivity index (χ4n) is 2.06. The highest BCUT2D eigenvalue weighted by Gasteiger charge is 2.15. The van der Waals surface area contributed by atoms with Crippen LogP contribution in [0.4, 0.5) is 0 Å². The fraction of sp³-hybridized carbons (Fsp3) is 0.0667. The van der Waals surface area contributed by atoms with Gasteiger partial charge >= 0.3 is 0 Å². The maximum atomic E-state index is 6.41. The third-order valence-electron chi connectivity index (χ3n) is 3.04. The Bertz CT molecular complexity index is 703. The number of halogens is 2. The van der Waals surface area contributed by atoms with Crippen LogP contribution in [0.3, 0.4) is 0 Å². The van der Waals surface area contributed by atoms with Crippen LogP contribution in [0.25, 0.3) is 10.1 Å².